The van der Waals surface area contributed by atoms with Gasteiger partial charge in [-0.2, -0.15) is 4.98 Å². The Morgan fingerprint density at radius 2 is 1.71 bits per heavy atom. The largest absolute Gasteiger partial charge is 0.473 e. The van der Waals surface area contributed by atoms with Crippen LogP contribution in [-0.4, -0.2) is 58.4 Å². The molecule has 0 unspecified atom stereocenters. The van der Waals surface area contributed by atoms with Gasteiger partial charge in [0.2, 0.25) is 11.8 Å². The number of ether oxygens (including phenoxy) is 1. The Morgan fingerprint density at radius 1 is 1.03 bits per heavy atom. The molecular formula is C25H28N6O3S. The standard InChI is InChI=1S/C25H28N6O3S/c1-4-17-13-26-25(27-14-17)31-11-9-19(10-12-31)34-24-23-22(28-16-29-24)21(15-30(23)2)18-5-7-20(8-6-18)35(3,32)33/h5-8,13-16,19H,4,9-12H2,1-3H3. The maximum Gasteiger partial charge on any atom is 0.242 e. The Bertz CT molecular complexity index is 1440. The average Bonchev–Trinajstić information content (AvgIpc) is 3.21. The number of fused-ring (bicyclic) bond motifs is 1. The third-order valence-corrected chi connectivity index (χ3v) is 7.54. The van der Waals surface area contributed by atoms with Crippen LogP contribution >= 0.6 is 0 Å². The first-order valence-electron chi connectivity index (χ1n) is 11.7. The van der Waals surface area contributed by atoms with E-state index in [-0.39, 0.29) is 11.0 Å². The molecule has 10 heteroatoms. The maximum absolute atomic E-state index is 11.8. The molecule has 1 fully saturated rings. The molecule has 3 aromatic heterocycles. The Balaban J connectivity index is 1.34. The van der Waals surface area contributed by atoms with Crippen molar-refractivity contribution in [1.29, 1.82) is 0 Å². The van der Waals surface area contributed by atoms with Crippen molar-refractivity contribution < 1.29 is 13.2 Å². The lowest BCUT2D eigenvalue weighted by Gasteiger charge is -2.32. The summed E-state index contributed by atoms with van der Waals surface area (Å²) in [5.41, 5.74) is 4.50. The summed E-state index contributed by atoms with van der Waals surface area (Å²) in [6.45, 7) is 3.72. The van der Waals surface area contributed by atoms with Gasteiger partial charge in [0.1, 0.15) is 23.5 Å². The smallest absolute Gasteiger partial charge is 0.242 e. The molecule has 9 nitrogen and oxygen atoms in total. The quantitative estimate of drug-likeness (QED) is 0.403. The number of hydrogen-bond donors (Lipinski definition) is 0. The number of benzene rings is 1. The predicted molar refractivity (Wildman–Crippen MR) is 134 cm³/mol. The van der Waals surface area contributed by atoms with Crippen LogP contribution in [0.1, 0.15) is 25.3 Å². The minimum absolute atomic E-state index is 0.0339. The molecule has 1 aliphatic heterocycles. The summed E-state index contributed by atoms with van der Waals surface area (Å²) < 4.78 is 31.9. The number of hydrogen-bond acceptors (Lipinski definition) is 8. The second kappa shape index (κ2) is 9.26. The Hall–Kier alpha value is -3.53. The SMILES string of the molecule is CCc1cnc(N2CCC(Oc3ncnc4c(-c5ccc(S(C)(=O)=O)cc5)cn(C)c34)CC2)nc1. The maximum atomic E-state index is 11.8. The summed E-state index contributed by atoms with van der Waals surface area (Å²) in [5, 5.41) is 0. The molecule has 1 saturated heterocycles. The van der Waals surface area contributed by atoms with Crippen LogP contribution in [0.5, 0.6) is 5.88 Å². The first-order chi connectivity index (χ1) is 16.8. The number of aromatic nitrogens is 5. The second-order valence-corrected chi connectivity index (χ2v) is 10.9. The van der Waals surface area contributed by atoms with Gasteiger partial charge in [0.15, 0.2) is 9.84 Å². The van der Waals surface area contributed by atoms with Crippen molar-refractivity contribution in [3.8, 4) is 17.0 Å². The minimum atomic E-state index is -3.25. The van der Waals surface area contributed by atoms with E-state index < -0.39 is 9.84 Å². The van der Waals surface area contributed by atoms with Gasteiger partial charge in [-0.25, -0.2) is 23.4 Å². The van der Waals surface area contributed by atoms with E-state index in [1.165, 1.54) is 12.6 Å². The summed E-state index contributed by atoms with van der Waals surface area (Å²) in [5.74, 6) is 1.32. The van der Waals surface area contributed by atoms with Gasteiger partial charge in [-0.15, -0.1) is 0 Å². The Labute approximate surface area is 204 Å². The van der Waals surface area contributed by atoms with Crippen LogP contribution in [0.25, 0.3) is 22.2 Å². The summed E-state index contributed by atoms with van der Waals surface area (Å²) in [7, 11) is -1.31. The highest BCUT2D eigenvalue weighted by Crippen LogP contribution is 2.34. The molecular weight excluding hydrogens is 464 g/mol. The number of rotatable bonds is 6. The van der Waals surface area contributed by atoms with Crippen molar-refractivity contribution in [2.24, 2.45) is 7.05 Å². The van der Waals surface area contributed by atoms with E-state index in [1.807, 2.05) is 30.2 Å². The second-order valence-electron chi connectivity index (χ2n) is 8.88. The Morgan fingerprint density at radius 3 is 2.34 bits per heavy atom. The minimum Gasteiger partial charge on any atom is -0.473 e. The van der Waals surface area contributed by atoms with Gasteiger partial charge in [0.25, 0.3) is 0 Å². The lowest BCUT2D eigenvalue weighted by Crippen LogP contribution is -2.39. The van der Waals surface area contributed by atoms with Gasteiger partial charge in [-0.1, -0.05) is 19.1 Å². The van der Waals surface area contributed by atoms with Gasteiger partial charge in [-0.05, 0) is 29.7 Å². The van der Waals surface area contributed by atoms with Crippen molar-refractivity contribution >= 4 is 26.8 Å². The van der Waals surface area contributed by atoms with Crippen LogP contribution in [0.3, 0.4) is 0 Å². The van der Waals surface area contributed by atoms with E-state index in [9.17, 15) is 8.42 Å². The van der Waals surface area contributed by atoms with Crippen LogP contribution in [0.15, 0.2) is 54.1 Å². The van der Waals surface area contributed by atoms with Crippen molar-refractivity contribution in [1.82, 2.24) is 24.5 Å². The number of anilines is 1. The molecule has 1 aliphatic rings. The lowest BCUT2D eigenvalue weighted by molar-refractivity contribution is 0.165. The zero-order valence-corrected chi connectivity index (χ0v) is 20.9. The topological polar surface area (TPSA) is 103 Å². The highest BCUT2D eigenvalue weighted by molar-refractivity contribution is 7.90. The van der Waals surface area contributed by atoms with Gasteiger partial charge in [-0.3, -0.25) is 0 Å². The summed E-state index contributed by atoms with van der Waals surface area (Å²) >= 11 is 0. The normalized spacial score (nSPS) is 15.0. The van der Waals surface area contributed by atoms with Gasteiger partial charge in [0.05, 0.1) is 4.90 Å². The van der Waals surface area contributed by atoms with E-state index in [4.69, 9.17) is 4.74 Å². The first kappa shape index (κ1) is 23.2. The van der Waals surface area contributed by atoms with Crippen molar-refractivity contribution in [2.45, 2.75) is 37.2 Å². The Kier molecular flexibility index (Phi) is 6.14. The highest BCUT2D eigenvalue weighted by atomic mass is 32.2. The van der Waals surface area contributed by atoms with Gasteiger partial charge < -0.3 is 14.2 Å². The van der Waals surface area contributed by atoms with E-state index >= 15 is 0 Å². The molecule has 4 heterocycles. The van der Waals surface area contributed by atoms with Crippen LogP contribution in [0.2, 0.25) is 0 Å². The number of sulfone groups is 1. The third kappa shape index (κ3) is 4.70. The first-order valence-corrected chi connectivity index (χ1v) is 13.6. The van der Waals surface area contributed by atoms with Crippen LogP contribution in [0, 0.1) is 0 Å². The van der Waals surface area contributed by atoms with E-state index in [2.05, 4.69) is 31.8 Å². The van der Waals surface area contributed by atoms with Crippen LogP contribution in [0.4, 0.5) is 5.95 Å². The fourth-order valence-corrected chi connectivity index (χ4v) is 5.03. The molecule has 182 valence electrons. The van der Waals surface area contributed by atoms with Crippen LogP contribution < -0.4 is 9.64 Å². The van der Waals surface area contributed by atoms with Crippen LogP contribution in [-0.2, 0) is 23.3 Å². The van der Waals surface area contributed by atoms with Gasteiger partial charge in [0, 0.05) is 63.4 Å². The highest BCUT2D eigenvalue weighted by Gasteiger charge is 2.24. The molecule has 0 amide bonds. The fourth-order valence-electron chi connectivity index (χ4n) is 4.40. The van der Waals surface area contributed by atoms with Crippen molar-refractivity contribution in [3.05, 3.63) is 54.7 Å². The summed E-state index contributed by atoms with van der Waals surface area (Å²) in [6, 6.07) is 6.85. The number of nitrogens with zero attached hydrogens (tertiary/aromatic N) is 6. The molecule has 5 rings (SSSR count). The molecule has 0 aliphatic carbocycles. The van der Waals surface area contributed by atoms with Gasteiger partial charge >= 0.3 is 0 Å². The molecule has 0 atom stereocenters. The molecule has 0 saturated carbocycles. The fraction of sp³-hybridized carbons (Fsp3) is 0.360. The van der Waals surface area contributed by atoms with Crippen molar-refractivity contribution in [3.63, 3.8) is 0 Å². The monoisotopic (exact) mass is 492 g/mol. The zero-order chi connectivity index (χ0) is 24.6. The zero-order valence-electron chi connectivity index (χ0n) is 20.0. The van der Waals surface area contributed by atoms with E-state index in [0.29, 0.717) is 5.88 Å². The molecule has 0 N–H and O–H groups in total. The number of aryl methyl sites for hydroxylation is 2. The van der Waals surface area contributed by atoms with E-state index in [1.54, 1.807) is 24.3 Å². The molecule has 0 bridgehead atoms. The molecule has 35 heavy (non-hydrogen) atoms. The molecule has 4 aromatic rings. The van der Waals surface area contributed by atoms with E-state index in [0.717, 1.165) is 66.0 Å². The molecule has 1 aromatic carbocycles. The summed E-state index contributed by atoms with van der Waals surface area (Å²) in [4.78, 5) is 20.4. The lowest BCUT2D eigenvalue weighted by atomic mass is 10.1. The number of piperidine rings is 1. The predicted octanol–water partition coefficient (Wildman–Crippen LogP) is 3.44. The average molecular weight is 493 g/mol. The van der Waals surface area contributed by atoms with Crippen molar-refractivity contribution in [2.75, 3.05) is 24.2 Å². The summed E-state index contributed by atoms with van der Waals surface area (Å²) in [6.07, 6.45) is 11.1. The molecule has 0 spiro atoms. The molecule has 0 radical (unpaired) electrons. The third-order valence-electron chi connectivity index (χ3n) is 6.42.